The zero-order chi connectivity index (χ0) is 31.0. The van der Waals surface area contributed by atoms with Crippen LogP contribution >= 0.6 is 0 Å². The predicted octanol–water partition coefficient (Wildman–Crippen LogP) is 2.05. The molecule has 0 amide bonds. The quantitative estimate of drug-likeness (QED) is 0.0680. The summed E-state index contributed by atoms with van der Waals surface area (Å²) in [7, 11) is -9.44. The second kappa shape index (κ2) is 17.5. The number of hydrogen-bond donors (Lipinski definition) is 6. The fourth-order valence-corrected chi connectivity index (χ4v) is 5.56. The van der Waals surface area contributed by atoms with Crippen LogP contribution in [0.15, 0.2) is 82.6 Å². The van der Waals surface area contributed by atoms with Crippen LogP contribution in [0.1, 0.15) is 11.1 Å². The molecule has 0 aliphatic carbocycles. The molecule has 228 valence electrons. The van der Waals surface area contributed by atoms with Gasteiger partial charge in [0.2, 0.25) is 17.8 Å². The minimum Gasteiger partial charge on any atom is -0.395 e. The molecule has 0 fully saturated rings. The molecule has 0 aliphatic heterocycles. The summed E-state index contributed by atoms with van der Waals surface area (Å²) in [6, 6.07) is 18.7. The first-order valence-corrected chi connectivity index (χ1v) is 15.5. The first kappa shape index (κ1) is 38.7. The van der Waals surface area contributed by atoms with E-state index in [1.165, 1.54) is 59.5 Å². The van der Waals surface area contributed by atoms with Crippen molar-refractivity contribution >= 4 is 121 Å². The molecule has 4 rings (SSSR count). The Morgan fingerprint density at radius 1 is 0.667 bits per heavy atom. The molecule has 14 nitrogen and oxygen atoms in total. The third-order valence-electron chi connectivity index (χ3n) is 5.87. The van der Waals surface area contributed by atoms with Gasteiger partial charge >= 0.3 is 0 Å². The van der Waals surface area contributed by atoms with Crippen molar-refractivity contribution in [2.24, 2.45) is 0 Å². The topological polar surface area (TPSA) is 215 Å². The van der Waals surface area contributed by atoms with Gasteiger partial charge in [0.05, 0.1) is 18.9 Å². The van der Waals surface area contributed by atoms with E-state index in [-0.39, 0.29) is 125 Å². The van der Waals surface area contributed by atoms with Gasteiger partial charge in [-0.1, -0.05) is 60.7 Å². The van der Waals surface area contributed by atoms with Crippen LogP contribution in [0.2, 0.25) is 0 Å². The van der Waals surface area contributed by atoms with E-state index in [0.717, 1.165) is 0 Å². The van der Waals surface area contributed by atoms with E-state index in [0.29, 0.717) is 5.69 Å². The molecular formula is C27H28N6Na2O8S2. The summed E-state index contributed by atoms with van der Waals surface area (Å²) in [5, 5.41) is 24.8. The molecule has 0 saturated carbocycles. The number of para-hydroxylation sites is 1. The van der Waals surface area contributed by atoms with Gasteiger partial charge in [0, 0.05) is 77.9 Å². The van der Waals surface area contributed by atoms with Gasteiger partial charge in [-0.25, -0.2) is 0 Å². The minimum atomic E-state index is -4.87. The van der Waals surface area contributed by atoms with E-state index in [1.807, 2.05) is 6.07 Å². The molecule has 0 aliphatic rings. The number of anilines is 5. The third kappa shape index (κ3) is 10.8. The first-order valence-electron chi connectivity index (χ1n) is 12.7. The minimum absolute atomic E-state index is 0. The second-order valence-corrected chi connectivity index (χ2v) is 11.6. The van der Waals surface area contributed by atoms with Gasteiger partial charge in [-0.3, -0.25) is 9.11 Å². The molecule has 0 unspecified atom stereocenters. The van der Waals surface area contributed by atoms with E-state index < -0.39 is 25.1 Å². The predicted molar refractivity (Wildman–Crippen MR) is 172 cm³/mol. The number of nitrogens with one attached hydrogen (secondary N) is 2. The number of benzene rings is 3. The van der Waals surface area contributed by atoms with Gasteiger partial charge < -0.3 is 25.7 Å². The fourth-order valence-electron chi connectivity index (χ4n) is 4.05. The summed E-state index contributed by atoms with van der Waals surface area (Å²) in [6.45, 7) is -0.372. The fraction of sp³-hybridized carbons (Fsp3) is 0.148. The molecule has 3 aromatic carbocycles. The number of rotatable bonds is 13. The van der Waals surface area contributed by atoms with Gasteiger partial charge in [0.1, 0.15) is 9.79 Å². The standard InChI is InChI=1S/C27H28N6O8S2.2Na/c34-17-15-33(16-18-35)27-31-25(28-21-9-2-1-3-10-21)30-26(32-27)29-22-11-6-8-20(24(22)43(39,40)41)14-13-19-7-4-5-12-23(19)42(36,37)38;;/h1-14,34-35H,15-18H2,(H,36,37,38)(H,39,40,41)(H2,28,29,30,31,32);;. The van der Waals surface area contributed by atoms with Gasteiger partial charge in [0.25, 0.3) is 20.2 Å². The second-order valence-electron chi connectivity index (χ2n) is 8.88. The SMILES string of the molecule is O=S(=O)(O)c1ccccc1C=Cc1cccc(Nc2nc(Nc3ccccc3)nc(N(CCO)CCO)n2)c1S(=O)(=O)O.[Na].[Na]. The third-order valence-corrected chi connectivity index (χ3v) is 7.76. The maximum Gasteiger partial charge on any atom is 0.297 e. The molecule has 6 N–H and O–H groups in total. The number of aromatic nitrogens is 3. The molecule has 0 spiro atoms. The summed E-state index contributed by atoms with van der Waals surface area (Å²) in [5.41, 5.74) is 0.580. The molecule has 0 bridgehead atoms. The van der Waals surface area contributed by atoms with Crippen LogP contribution in [0, 0.1) is 0 Å². The summed E-state index contributed by atoms with van der Waals surface area (Å²) in [4.78, 5) is 13.6. The first-order chi connectivity index (χ1) is 20.5. The Morgan fingerprint density at radius 3 is 1.82 bits per heavy atom. The van der Waals surface area contributed by atoms with Crippen molar-refractivity contribution in [3.8, 4) is 0 Å². The van der Waals surface area contributed by atoms with E-state index in [9.17, 15) is 36.2 Å². The summed E-state index contributed by atoms with van der Waals surface area (Å²) in [5.74, 6) is -0.0109. The van der Waals surface area contributed by atoms with Crippen LogP contribution in [-0.4, -0.2) is 137 Å². The van der Waals surface area contributed by atoms with Gasteiger partial charge in [-0.15, -0.1) is 0 Å². The molecule has 0 saturated heterocycles. The zero-order valence-corrected chi connectivity index (χ0v) is 30.1. The van der Waals surface area contributed by atoms with Crippen molar-refractivity contribution < 1.29 is 36.2 Å². The van der Waals surface area contributed by atoms with E-state index in [4.69, 9.17) is 0 Å². The molecule has 1 aromatic heterocycles. The largest absolute Gasteiger partial charge is 0.395 e. The van der Waals surface area contributed by atoms with Crippen LogP contribution in [0.5, 0.6) is 0 Å². The maximum atomic E-state index is 12.6. The van der Waals surface area contributed by atoms with E-state index in [2.05, 4.69) is 25.6 Å². The van der Waals surface area contributed by atoms with Gasteiger partial charge in [0.15, 0.2) is 0 Å². The van der Waals surface area contributed by atoms with Crippen LogP contribution in [0.25, 0.3) is 12.2 Å². The Morgan fingerprint density at radius 2 is 1.22 bits per heavy atom. The van der Waals surface area contributed by atoms with Gasteiger partial charge in [-0.2, -0.15) is 31.8 Å². The Hall–Kier alpha value is -2.45. The Balaban J connectivity index is 0.00000353. The van der Waals surface area contributed by atoms with E-state index >= 15 is 0 Å². The number of aliphatic hydroxyl groups is 2. The van der Waals surface area contributed by atoms with Crippen molar-refractivity contribution in [2.45, 2.75) is 9.79 Å². The zero-order valence-electron chi connectivity index (χ0n) is 24.4. The monoisotopic (exact) mass is 674 g/mol. The molecular weight excluding hydrogens is 646 g/mol. The van der Waals surface area contributed by atoms with Gasteiger partial charge in [-0.05, 0) is 35.4 Å². The Bertz CT molecular complexity index is 1830. The molecule has 45 heavy (non-hydrogen) atoms. The van der Waals surface area contributed by atoms with E-state index in [1.54, 1.807) is 24.3 Å². The molecule has 2 radical (unpaired) electrons. The van der Waals surface area contributed by atoms with Crippen LogP contribution in [0.3, 0.4) is 0 Å². The molecule has 18 heteroatoms. The maximum absolute atomic E-state index is 12.6. The molecule has 1 heterocycles. The smallest absolute Gasteiger partial charge is 0.297 e. The van der Waals surface area contributed by atoms with Crippen molar-refractivity contribution in [3.05, 3.63) is 83.9 Å². The van der Waals surface area contributed by atoms with Crippen LogP contribution in [0.4, 0.5) is 29.2 Å². The Labute approximate surface area is 304 Å². The normalized spacial score (nSPS) is 11.4. The summed E-state index contributed by atoms with van der Waals surface area (Å²) >= 11 is 0. The van der Waals surface area contributed by atoms with Crippen LogP contribution in [-0.2, 0) is 20.2 Å². The summed E-state index contributed by atoms with van der Waals surface area (Å²) < 4.78 is 68.4. The van der Waals surface area contributed by atoms with Crippen molar-refractivity contribution in [2.75, 3.05) is 41.8 Å². The average molecular weight is 675 g/mol. The Kier molecular flexibility index (Phi) is 15.0. The van der Waals surface area contributed by atoms with Crippen molar-refractivity contribution in [1.82, 2.24) is 15.0 Å². The number of hydrogen-bond acceptors (Lipinski definition) is 12. The molecule has 0 atom stereocenters. The average Bonchev–Trinajstić information content (AvgIpc) is 2.95. The van der Waals surface area contributed by atoms with Crippen molar-refractivity contribution in [3.63, 3.8) is 0 Å². The van der Waals surface area contributed by atoms with Crippen LogP contribution < -0.4 is 15.5 Å². The number of nitrogens with zero attached hydrogens (tertiary/aromatic N) is 4. The van der Waals surface area contributed by atoms with Crippen molar-refractivity contribution in [1.29, 1.82) is 0 Å². The number of aliphatic hydroxyl groups excluding tert-OH is 2. The summed E-state index contributed by atoms with van der Waals surface area (Å²) in [6.07, 6.45) is 2.55. The molecule has 4 aromatic rings.